The van der Waals surface area contributed by atoms with E-state index in [4.69, 9.17) is 25.5 Å². The van der Waals surface area contributed by atoms with Crippen molar-refractivity contribution in [3.63, 3.8) is 0 Å². The molecule has 0 unspecified atom stereocenters. The quantitative estimate of drug-likeness (QED) is 0.690. The Morgan fingerprint density at radius 1 is 1.46 bits per heavy atom. The highest BCUT2D eigenvalue weighted by molar-refractivity contribution is 6.17. The summed E-state index contributed by atoms with van der Waals surface area (Å²) in [6.07, 6.45) is -0.337. The highest BCUT2D eigenvalue weighted by Crippen LogP contribution is 2.27. The predicted octanol–water partition coefficient (Wildman–Crippen LogP) is 2.37. The Hall–Kier alpha value is -0.510. The molecule has 0 aliphatic carbocycles. The molecule has 0 saturated carbocycles. The van der Waals surface area contributed by atoms with Gasteiger partial charge in [-0.2, -0.15) is 0 Å². The molecule has 1 aliphatic rings. The van der Waals surface area contributed by atoms with Crippen molar-refractivity contribution in [1.82, 2.24) is 0 Å². The Balaban J connectivity index is 2.20. The summed E-state index contributed by atoms with van der Waals surface area (Å²) in [5.74, 6) is 2.01. The van der Waals surface area contributed by atoms with Gasteiger partial charge < -0.3 is 13.9 Å². The van der Waals surface area contributed by atoms with Crippen LogP contribution in [0.25, 0.3) is 0 Å². The van der Waals surface area contributed by atoms with Crippen LogP contribution in [0, 0.1) is 6.92 Å². The second-order valence-electron chi connectivity index (χ2n) is 2.94. The molecular formula is C9H11ClO3. The van der Waals surface area contributed by atoms with E-state index in [1.165, 1.54) is 0 Å². The number of ether oxygens (including phenoxy) is 2. The molecule has 4 heteroatoms. The molecule has 1 fully saturated rings. The van der Waals surface area contributed by atoms with E-state index in [2.05, 4.69) is 0 Å². The average molecular weight is 203 g/mol. The van der Waals surface area contributed by atoms with Crippen LogP contribution in [0.3, 0.4) is 0 Å². The third-order valence-corrected chi connectivity index (χ3v) is 2.33. The Labute approximate surface area is 81.6 Å². The van der Waals surface area contributed by atoms with Gasteiger partial charge in [0, 0.05) is 5.56 Å². The van der Waals surface area contributed by atoms with Crippen LogP contribution >= 0.6 is 11.6 Å². The summed E-state index contributed by atoms with van der Waals surface area (Å²) < 4.78 is 16.0. The van der Waals surface area contributed by atoms with Crippen molar-refractivity contribution >= 4 is 11.6 Å². The van der Waals surface area contributed by atoms with Crippen molar-refractivity contribution in [1.29, 1.82) is 0 Å². The predicted molar refractivity (Wildman–Crippen MR) is 47.6 cm³/mol. The fraction of sp³-hybridized carbons (Fsp3) is 0.556. The van der Waals surface area contributed by atoms with Gasteiger partial charge in [0.2, 0.25) is 6.29 Å². The molecule has 2 heterocycles. The van der Waals surface area contributed by atoms with E-state index >= 15 is 0 Å². The average Bonchev–Trinajstić information content (AvgIpc) is 2.71. The number of rotatable bonds is 2. The van der Waals surface area contributed by atoms with Crippen molar-refractivity contribution in [2.75, 3.05) is 13.2 Å². The van der Waals surface area contributed by atoms with E-state index < -0.39 is 0 Å². The van der Waals surface area contributed by atoms with E-state index in [0.717, 1.165) is 11.3 Å². The second-order valence-corrected chi connectivity index (χ2v) is 3.20. The van der Waals surface area contributed by atoms with E-state index in [-0.39, 0.29) is 6.29 Å². The highest BCUT2D eigenvalue weighted by atomic mass is 35.5. The van der Waals surface area contributed by atoms with Crippen LogP contribution in [0.5, 0.6) is 0 Å². The molecule has 3 nitrogen and oxygen atoms in total. The van der Waals surface area contributed by atoms with Gasteiger partial charge in [-0.3, -0.25) is 0 Å². The maximum absolute atomic E-state index is 5.71. The molecule has 0 bridgehead atoms. The molecule has 0 spiro atoms. The summed E-state index contributed by atoms with van der Waals surface area (Å²) in [5, 5.41) is 0. The molecule has 1 saturated heterocycles. The van der Waals surface area contributed by atoms with E-state index in [1.807, 2.05) is 13.0 Å². The lowest BCUT2D eigenvalue weighted by atomic mass is 10.3. The van der Waals surface area contributed by atoms with Crippen LogP contribution < -0.4 is 0 Å². The smallest absolute Gasteiger partial charge is 0.217 e. The van der Waals surface area contributed by atoms with Crippen molar-refractivity contribution < 1.29 is 13.9 Å². The number of hydrogen-bond acceptors (Lipinski definition) is 3. The maximum Gasteiger partial charge on any atom is 0.217 e. The van der Waals surface area contributed by atoms with Gasteiger partial charge in [0.1, 0.15) is 5.76 Å². The fourth-order valence-electron chi connectivity index (χ4n) is 1.32. The lowest BCUT2D eigenvalue weighted by Crippen LogP contribution is -1.94. The highest BCUT2D eigenvalue weighted by Gasteiger charge is 2.22. The normalized spacial score (nSPS) is 18.3. The molecule has 72 valence electrons. The van der Waals surface area contributed by atoms with Crippen LogP contribution in [-0.4, -0.2) is 13.2 Å². The molecule has 0 atom stereocenters. The van der Waals surface area contributed by atoms with E-state index in [1.54, 1.807) is 0 Å². The lowest BCUT2D eigenvalue weighted by Gasteiger charge is -2.03. The summed E-state index contributed by atoms with van der Waals surface area (Å²) in [5.41, 5.74) is 0.996. The second kappa shape index (κ2) is 3.70. The zero-order valence-electron chi connectivity index (χ0n) is 7.38. The number of hydrogen-bond donors (Lipinski definition) is 0. The number of furan rings is 1. The van der Waals surface area contributed by atoms with Gasteiger partial charge >= 0.3 is 0 Å². The largest absolute Gasteiger partial charge is 0.461 e. The van der Waals surface area contributed by atoms with Crippen molar-refractivity contribution in [2.24, 2.45) is 0 Å². The monoisotopic (exact) mass is 202 g/mol. The molecule has 0 aromatic carbocycles. The van der Waals surface area contributed by atoms with Crippen LogP contribution in [0.2, 0.25) is 0 Å². The molecule has 13 heavy (non-hydrogen) atoms. The minimum absolute atomic E-state index is 0.337. The summed E-state index contributed by atoms with van der Waals surface area (Å²) in [7, 11) is 0. The van der Waals surface area contributed by atoms with Gasteiger partial charge in [0.05, 0.1) is 19.1 Å². The van der Waals surface area contributed by atoms with Crippen molar-refractivity contribution in [2.45, 2.75) is 19.1 Å². The van der Waals surface area contributed by atoms with Crippen LogP contribution in [-0.2, 0) is 15.4 Å². The van der Waals surface area contributed by atoms with Crippen LogP contribution in [0.4, 0.5) is 0 Å². The summed E-state index contributed by atoms with van der Waals surface area (Å²) in [6.45, 7) is 3.14. The zero-order chi connectivity index (χ0) is 9.26. The van der Waals surface area contributed by atoms with Crippen molar-refractivity contribution in [3.05, 3.63) is 23.2 Å². The molecular weight excluding hydrogens is 192 g/mol. The summed E-state index contributed by atoms with van der Waals surface area (Å²) in [6, 6.07) is 1.89. The first-order valence-corrected chi connectivity index (χ1v) is 4.73. The number of halogens is 1. The Morgan fingerprint density at radius 3 is 2.69 bits per heavy atom. The van der Waals surface area contributed by atoms with Crippen LogP contribution in [0.1, 0.15) is 23.4 Å². The van der Waals surface area contributed by atoms with E-state index in [9.17, 15) is 0 Å². The topological polar surface area (TPSA) is 31.6 Å². The zero-order valence-corrected chi connectivity index (χ0v) is 8.13. The van der Waals surface area contributed by atoms with Gasteiger partial charge in [0.25, 0.3) is 0 Å². The molecule has 1 aromatic heterocycles. The van der Waals surface area contributed by atoms with Gasteiger partial charge in [0.15, 0.2) is 5.76 Å². The van der Waals surface area contributed by atoms with Gasteiger partial charge in [-0.1, -0.05) is 0 Å². The fourth-order valence-corrected chi connectivity index (χ4v) is 1.58. The van der Waals surface area contributed by atoms with Gasteiger partial charge in [-0.25, -0.2) is 0 Å². The van der Waals surface area contributed by atoms with Crippen LogP contribution in [0.15, 0.2) is 10.5 Å². The van der Waals surface area contributed by atoms with Gasteiger partial charge in [-0.15, -0.1) is 11.6 Å². The first-order valence-electron chi connectivity index (χ1n) is 4.19. The minimum atomic E-state index is -0.337. The lowest BCUT2D eigenvalue weighted by molar-refractivity contribution is -0.0592. The molecule has 2 rings (SSSR count). The molecule has 1 aromatic rings. The standard InChI is InChI=1S/C9H11ClO3/c1-6-7(5-10)4-8(13-6)9-11-2-3-12-9/h4,9H,2-3,5H2,1H3. The number of aryl methyl sites for hydroxylation is 1. The molecule has 0 N–H and O–H groups in total. The molecule has 1 aliphatic heterocycles. The number of alkyl halides is 1. The molecule has 0 radical (unpaired) electrons. The minimum Gasteiger partial charge on any atom is -0.461 e. The van der Waals surface area contributed by atoms with Crippen molar-refractivity contribution in [3.8, 4) is 0 Å². The summed E-state index contributed by atoms with van der Waals surface area (Å²) >= 11 is 5.71. The first kappa shape index (κ1) is 9.06. The third kappa shape index (κ3) is 1.73. The Morgan fingerprint density at radius 2 is 2.15 bits per heavy atom. The summed E-state index contributed by atoms with van der Waals surface area (Å²) in [4.78, 5) is 0. The third-order valence-electron chi connectivity index (χ3n) is 2.04. The Bertz CT molecular complexity index is 289. The van der Waals surface area contributed by atoms with E-state index in [0.29, 0.717) is 24.9 Å². The SMILES string of the molecule is Cc1oc(C2OCCO2)cc1CCl. The van der Waals surface area contributed by atoms with Gasteiger partial charge in [-0.05, 0) is 13.0 Å². The molecule has 0 amide bonds. The first-order chi connectivity index (χ1) is 6.31. The maximum atomic E-state index is 5.71. The Kier molecular flexibility index (Phi) is 2.58.